The fourth-order valence-electron chi connectivity index (χ4n) is 3.46. The number of aliphatic hydroxyl groups is 1. The lowest BCUT2D eigenvalue weighted by atomic mass is 9.75. The van der Waals surface area contributed by atoms with E-state index in [1.54, 1.807) is 6.92 Å². The maximum Gasteiger partial charge on any atom is 0.426 e. The number of carboxylic acid groups (broad SMARTS) is 1. The molecule has 2 rings (SSSR count). The number of hydrogen-bond donors (Lipinski definition) is 2. The maximum absolute atomic E-state index is 12.7. The SMILES string of the molecule is CC1CN(C(=O)C(C)(O)C(F)(F)F)CCC1C1(C(=O)O)CC1. The van der Waals surface area contributed by atoms with Crippen molar-refractivity contribution < 1.29 is 33.0 Å². The molecule has 1 saturated heterocycles. The zero-order chi connectivity index (χ0) is 16.9. The minimum atomic E-state index is -5.04. The molecule has 1 heterocycles. The summed E-state index contributed by atoms with van der Waals surface area (Å²) in [6.45, 7) is 2.26. The van der Waals surface area contributed by atoms with Gasteiger partial charge in [-0.2, -0.15) is 13.2 Å². The van der Waals surface area contributed by atoms with Crippen LogP contribution in [0.2, 0.25) is 0 Å². The number of hydrogen-bond acceptors (Lipinski definition) is 3. The van der Waals surface area contributed by atoms with Crippen molar-refractivity contribution in [2.45, 2.75) is 44.9 Å². The van der Waals surface area contributed by atoms with Gasteiger partial charge in [-0.05, 0) is 38.0 Å². The third-order valence-corrected chi connectivity index (χ3v) is 5.09. The van der Waals surface area contributed by atoms with E-state index in [9.17, 15) is 33.0 Å². The summed E-state index contributed by atoms with van der Waals surface area (Å²) < 4.78 is 38.2. The summed E-state index contributed by atoms with van der Waals surface area (Å²) in [7, 11) is 0. The van der Waals surface area contributed by atoms with Crippen LogP contribution < -0.4 is 0 Å². The molecule has 1 saturated carbocycles. The van der Waals surface area contributed by atoms with Crippen LogP contribution in [0.5, 0.6) is 0 Å². The molecule has 3 atom stereocenters. The van der Waals surface area contributed by atoms with Crippen molar-refractivity contribution in [3.8, 4) is 0 Å². The Morgan fingerprint density at radius 1 is 1.27 bits per heavy atom. The summed E-state index contributed by atoms with van der Waals surface area (Å²) in [6.07, 6.45) is -3.55. The van der Waals surface area contributed by atoms with Gasteiger partial charge in [0.05, 0.1) is 5.41 Å². The lowest BCUT2D eigenvalue weighted by molar-refractivity contribution is -0.251. The number of carboxylic acids is 1. The molecule has 0 aromatic rings. The normalized spacial score (nSPS) is 30.5. The standard InChI is InChI=1S/C14H20F3NO4/c1-8-7-18(10(19)12(2,22)14(15,16)17)6-3-9(8)13(4-5-13)11(20)21/h8-9,22H,3-7H2,1-2H3,(H,20,21). The van der Waals surface area contributed by atoms with Crippen molar-refractivity contribution in [1.82, 2.24) is 4.90 Å². The topological polar surface area (TPSA) is 77.8 Å². The van der Waals surface area contributed by atoms with Gasteiger partial charge in [-0.1, -0.05) is 6.92 Å². The van der Waals surface area contributed by atoms with Gasteiger partial charge in [0.1, 0.15) is 0 Å². The van der Waals surface area contributed by atoms with Crippen LogP contribution in [0.25, 0.3) is 0 Å². The fourth-order valence-corrected chi connectivity index (χ4v) is 3.46. The highest BCUT2D eigenvalue weighted by molar-refractivity contribution is 5.85. The van der Waals surface area contributed by atoms with Crippen LogP contribution in [0.15, 0.2) is 0 Å². The summed E-state index contributed by atoms with van der Waals surface area (Å²) in [5.41, 5.74) is -4.19. The van der Waals surface area contributed by atoms with E-state index in [1.165, 1.54) is 0 Å². The van der Waals surface area contributed by atoms with E-state index in [-0.39, 0.29) is 24.9 Å². The highest BCUT2D eigenvalue weighted by Gasteiger charge is 2.60. The summed E-state index contributed by atoms with van der Waals surface area (Å²) in [5.74, 6) is -2.61. The number of alkyl halides is 3. The molecule has 2 fully saturated rings. The second-order valence-electron chi connectivity index (χ2n) is 6.65. The Bertz CT molecular complexity index is 485. The first-order valence-corrected chi connectivity index (χ1v) is 7.25. The monoisotopic (exact) mass is 323 g/mol. The van der Waals surface area contributed by atoms with Crippen LogP contribution >= 0.6 is 0 Å². The van der Waals surface area contributed by atoms with Crippen LogP contribution in [0, 0.1) is 17.3 Å². The third-order valence-electron chi connectivity index (χ3n) is 5.09. The van der Waals surface area contributed by atoms with E-state index in [4.69, 9.17) is 0 Å². The first-order valence-electron chi connectivity index (χ1n) is 7.25. The molecule has 5 nitrogen and oxygen atoms in total. The average molecular weight is 323 g/mol. The van der Waals surface area contributed by atoms with Gasteiger partial charge >= 0.3 is 12.1 Å². The van der Waals surface area contributed by atoms with Crippen LogP contribution in [0.4, 0.5) is 13.2 Å². The highest BCUT2D eigenvalue weighted by atomic mass is 19.4. The Hall–Kier alpha value is -1.31. The second-order valence-corrected chi connectivity index (χ2v) is 6.65. The van der Waals surface area contributed by atoms with E-state index in [2.05, 4.69) is 0 Å². The van der Waals surface area contributed by atoms with Crippen molar-refractivity contribution in [3.05, 3.63) is 0 Å². The van der Waals surface area contributed by atoms with Gasteiger partial charge in [0.15, 0.2) is 0 Å². The number of halogens is 3. The van der Waals surface area contributed by atoms with Crippen molar-refractivity contribution in [2.75, 3.05) is 13.1 Å². The van der Waals surface area contributed by atoms with E-state index in [1.807, 2.05) is 0 Å². The molecule has 22 heavy (non-hydrogen) atoms. The Labute approximate surface area is 126 Å². The minimum absolute atomic E-state index is 0.0325. The van der Waals surface area contributed by atoms with Crippen molar-refractivity contribution in [3.63, 3.8) is 0 Å². The van der Waals surface area contributed by atoms with Gasteiger partial charge in [0, 0.05) is 13.1 Å². The van der Waals surface area contributed by atoms with Gasteiger partial charge in [-0.15, -0.1) is 0 Å². The fraction of sp³-hybridized carbons (Fsp3) is 0.857. The van der Waals surface area contributed by atoms with Gasteiger partial charge in [-0.25, -0.2) is 0 Å². The molecule has 126 valence electrons. The predicted molar refractivity (Wildman–Crippen MR) is 69.8 cm³/mol. The zero-order valence-corrected chi connectivity index (χ0v) is 12.5. The van der Waals surface area contributed by atoms with E-state index >= 15 is 0 Å². The van der Waals surface area contributed by atoms with E-state index in [0.717, 1.165) is 4.90 Å². The van der Waals surface area contributed by atoms with Crippen molar-refractivity contribution >= 4 is 11.9 Å². The van der Waals surface area contributed by atoms with Gasteiger partial charge in [0.2, 0.25) is 5.60 Å². The van der Waals surface area contributed by atoms with Crippen LogP contribution in [0.1, 0.15) is 33.1 Å². The smallest absolute Gasteiger partial charge is 0.426 e. The molecular weight excluding hydrogens is 303 g/mol. The molecule has 1 aliphatic carbocycles. The molecule has 8 heteroatoms. The largest absolute Gasteiger partial charge is 0.481 e. The molecule has 2 aliphatic rings. The van der Waals surface area contributed by atoms with E-state index < -0.39 is 29.1 Å². The number of carbonyl (C=O) groups is 2. The molecule has 0 bridgehead atoms. The summed E-state index contributed by atoms with van der Waals surface area (Å²) in [5, 5.41) is 18.8. The third kappa shape index (κ3) is 2.57. The number of rotatable bonds is 3. The Balaban J connectivity index is 2.08. The summed E-state index contributed by atoms with van der Waals surface area (Å²) >= 11 is 0. The summed E-state index contributed by atoms with van der Waals surface area (Å²) in [6, 6.07) is 0. The van der Waals surface area contributed by atoms with Crippen molar-refractivity contribution in [1.29, 1.82) is 0 Å². The molecule has 3 unspecified atom stereocenters. The lowest BCUT2D eigenvalue weighted by Crippen LogP contribution is -2.59. The molecule has 1 aliphatic heterocycles. The first-order chi connectivity index (χ1) is 9.93. The summed E-state index contributed by atoms with van der Waals surface area (Å²) in [4.78, 5) is 24.3. The molecule has 1 amide bonds. The number of aliphatic carboxylic acids is 1. The number of amides is 1. The number of nitrogens with zero attached hydrogens (tertiary/aromatic N) is 1. The molecule has 0 spiro atoms. The van der Waals surface area contributed by atoms with Crippen LogP contribution in [-0.4, -0.2) is 51.9 Å². The minimum Gasteiger partial charge on any atom is -0.481 e. The second kappa shape index (κ2) is 5.11. The molecule has 2 N–H and O–H groups in total. The number of likely N-dealkylation sites (tertiary alicyclic amines) is 1. The molecule has 0 aromatic carbocycles. The highest BCUT2D eigenvalue weighted by Crippen LogP contribution is 2.57. The maximum atomic E-state index is 12.7. The molecular formula is C14H20F3NO4. The first kappa shape index (κ1) is 17.1. The van der Waals surface area contributed by atoms with Crippen LogP contribution in [-0.2, 0) is 9.59 Å². The van der Waals surface area contributed by atoms with Crippen molar-refractivity contribution in [2.24, 2.45) is 17.3 Å². The lowest BCUT2D eigenvalue weighted by Gasteiger charge is -2.42. The van der Waals surface area contributed by atoms with Crippen LogP contribution in [0.3, 0.4) is 0 Å². The quantitative estimate of drug-likeness (QED) is 0.828. The number of piperidine rings is 1. The predicted octanol–water partition coefficient (Wildman–Crippen LogP) is 1.65. The average Bonchev–Trinajstić information content (AvgIpc) is 3.17. The van der Waals surface area contributed by atoms with E-state index in [0.29, 0.717) is 26.2 Å². The van der Waals surface area contributed by atoms with Gasteiger partial charge < -0.3 is 15.1 Å². The molecule has 0 radical (unpaired) electrons. The zero-order valence-electron chi connectivity index (χ0n) is 12.5. The Kier molecular flexibility index (Phi) is 3.96. The number of carbonyl (C=O) groups excluding carboxylic acids is 1. The van der Waals surface area contributed by atoms with Gasteiger partial charge in [0.25, 0.3) is 5.91 Å². The Morgan fingerprint density at radius 2 is 1.82 bits per heavy atom. The molecule has 0 aromatic heterocycles. The Morgan fingerprint density at radius 3 is 2.18 bits per heavy atom. The van der Waals surface area contributed by atoms with Gasteiger partial charge in [-0.3, -0.25) is 9.59 Å².